The van der Waals surface area contributed by atoms with Gasteiger partial charge in [-0.05, 0) is 18.9 Å². The van der Waals surface area contributed by atoms with E-state index in [0.29, 0.717) is 34.8 Å². The van der Waals surface area contributed by atoms with Gasteiger partial charge in [0.15, 0.2) is 10.3 Å². The van der Waals surface area contributed by atoms with Gasteiger partial charge in [-0.3, -0.25) is 14.2 Å². The van der Waals surface area contributed by atoms with E-state index in [1.54, 1.807) is 16.9 Å². The number of nitrogens with zero attached hydrogens (tertiary/aromatic N) is 4. The molecule has 0 bridgehead atoms. The van der Waals surface area contributed by atoms with Crippen molar-refractivity contribution in [2.45, 2.75) is 43.6 Å². The molecule has 164 valence electrons. The number of thiazole rings is 1. The van der Waals surface area contributed by atoms with Gasteiger partial charge in [-0.2, -0.15) is 0 Å². The second-order valence-electron chi connectivity index (χ2n) is 6.52. The van der Waals surface area contributed by atoms with Crippen molar-refractivity contribution in [2.75, 3.05) is 17.7 Å². The molecule has 9 nitrogen and oxygen atoms in total. The molecule has 0 radical (unpaired) electrons. The number of rotatable bonds is 10. The van der Waals surface area contributed by atoms with Gasteiger partial charge in [0.25, 0.3) is 0 Å². The van der Waals surface area contributed by atoms with Crippen LogP contribution in [-0.4, -0.2) is 38.2 Å². The molecule has 3 aromatic rings. The van der Waals surface area contributed by atoms with Crippen LogP contribution in [0.2, 0.25) is 0 Å². The fourth-order valence-electron chi connectivity index (χ4n) is 2.88. The Hall–Kier alpha value is -2.92. The van der Waals surface area contributed by atoms with E-state index < -0.39 is 6.04 Å². The Morgan fingerprint density at radius 2 is 2.03 bits per heavy atom. The summed E-state index contributed by atoms with van der Waals surface area (Å²) in [5.74, 6) is 0.238. The van der Waals surface area contributed by atoms with E-state index in [0.717, 1.165) is 5.56 Å². The second-order valence-corrected chi connectivity index (χ2v) is 8.32. The number of anilines is 2. The third-order valence-electron chi connectivity index (χ3n) is 4.32. The van der Waals surface area contributed by atoms with Crippen LogP contribution in [0.5, 0.6) is 0 Å². The molecule has 1 atom stereocenters. The number of ether oxygens (including phenoxy) is 1. The summed E-state index contributed by atoms with van der Waals surface area (Å²) in [5.41, 5.74) is 7.72. The zero-order valence-corrected chi connectivity index (χ0v) is 18.9. The number of nitrogens with one attached hydrogen (secondary N) is 1. The van der Waals surface area contributed by atoms with E-state index in [1.807, 2.05) is 37.3 Å². The summed E-state index contributed by atoms with van der Waals surface area (Å²) in [6, 6.07) is 9.37. The molecule has 11 heteroatoms. The van der Waals surface area contributed by atoms with Crippen molar-refractivity contribution >= 4 is 46.1 Å². The minimum Gasteiger partial charge on any atom is -0.466 e. The maximum atomic E-state index is 13.0. The number of aromatic nitrogens is 4. The van der Waals surface area contributed by atoms with Crippen molar-refractivity contribution in [2.24, 2.45) is 0 Å². The van der Waals surface area contributed by atoms with Crippen LogP contribution in [0.1, 0.15) is 37.6 Å². The van der Waals surface area contributed by atoms with Gasteiger partial charge >= 0.3 is 5.97 Å². The maximum Gasteiger partial charge on any atom is 0.311 e. The summed E-state index contributed by atoms with van der Waals surface area (Å²) >= 11 is 2.72. The topological polar surface area (TPSA) is 125 Å². The van der Waals surface area contributed by atoms with Crippen LogP contribution in [0.25, 0.3) is 0 Å². The third-order valence-corrected chi connectivity index (χ3v) is 6.14. The molecule has 1 amide bonds. The van der Waals surface area contributed by atoms with Gasteiger partial charge in [0.05, 0.1) is 18.7 Å². The minimum absolute atomic E-state index is 0.0656. The Bertz CT molecular complexity index is 1020. The minimum atomic E-state index is -0.592. The molecule has 0 aliphatic rings. The van der Waals surface area contributed by atoms with Crippen LogP contribution in [0, 0.1) is 0 Å². The van der Waals surface area contributed by atoms with Gasteiger partial charge < -0.3 is 15.8 Å². The summed E-state index contributed by atoms with van der Waals surface area (Å²) in [6.07, 6.45) is 0.560. The number of carbonyl (C=O) groups is 2. The van der Waals surface area contributed by atoms with E-state index in [2.05, 4.69) is 20.5 Å². The summed E-state index contributed by atoms with van der Waals surface area (Å²) in [5, 5.41) is 13.6. The third kappa shape index (κ3) is 6.05. The molecule has 0 saturated heterocycles. The van der Waals surface area contributed by atoms with Gasteiger partial charge in [-0.1, -0.05) is 49.0 Å². The summed E-state index contributed by atoms with van der Waals surface area (Å²) in [6.45, 7) is 3.96. The number of esters is 1. The lowest BCUT2D eigenvalue weighted by Crippen LogP contribution is -2.27. The van der Waals surface area contributed by atoms with Crippen molar-refractivity contribution in [3.8, 4) is 0 Å². The van der Waals surface area contributed by atoms with Crippen LogP contribution < -0.4 is 11.1 Å². The zero-order chi connectivity index (χ0) is 22.2. The van der Waals surface area contributed by atoms with Crippen molar-refractivity contribution in [3.05, 3.63) is 47.0 Å². The molecule has 0 saturated carbocycles. The SMILES string of the molecule is CCOC(=O)Cc1csc(NC(=O)C(CC)n2c(N)nnc2SCc2ccccc2)n1. The first-order chi connectivity index (χ1) is 15.0. The smallest absolute Gasteiger partial charge is 0.311 e. The number of nitrogens with two attached hydrogens (primary N) is 1. The summed E-state index contributed by atoms with van der Waals surface area (Å²) < 4.78 is 6.58. The Morgan fingerprint density at radius 3 is 2.74 bits per heavy atom. The average molecular weight is 461 g/mol. The van der Waals surface area contributed by atoms with Gasteiger partial charge in [0, 0.05) is 11.1 Å². The highest BCUT2D eigenvalue weighted by molar-refractivity contribution is 7.98. The first-order valence-electron chi connectivity index (χ1n) is 9.79. The molecule has 31 heavy (non-hydrogen) atoms. The van der Waals surface area contributed by atoms with Crippen LogP contribution in [0.4, 0.5) is 11.1 Å². The Morgan fingerprint density at radius 1 is 1.26 bits per heavy atom. The Kier molecular flexibility index (Phi) is 8.01. The van der Waals surface area contributed by atoms with E-state index in [9.17, 15) is 9.59 Å². The van der Waals surface area contributed by atoms with E-state index >= 15 is 0 Å². The Balaban J connectivity index is 1.69. The monoisotopic (exact) mass is 460 g/mol. The van der Waals surface area contributed by atoms with Crippen molar-refractivity contribution in [1.29, 1.82) is 0 Å². The van der Waals surface area contributed by atoms with Crippen LogP contribution in [0.15, 0.2) is 40.9 Å². The van der Waals surface area contributed by atoms with Crippen LogP contribution in [-0.2, 0) is 26.5 Å². The number of nitrogen functional groups attached to an aromatic ring is 1. The quantitative estimate of drug-likeness (QED) is 0.349. The maximum absolute atomic E-state index is 13.0. The van der Waals surface area contributed by atoms with Gasteiger partial charge in [0.2, 0.25) is 11.9 Å². The second kappa shape index (κ2) is 10.9. The number of thioether (sulfide) groups is 1. The van der Waals surface area contributed by atoms with Crippen LogP contribution >= 0.6 is 23.1 Å². The highest BCUT2D eigenvalue weighted by atomic mass is 32.2. The normalized spacial score (nSPS) is 11.8. The summed E-state index contributed by atoms with van der Waals surface area (Å²) in [7, 11) is 0. The fourth-order valence-corrected chi connectivity index (χ4v) is 4.54. The van der Waals surface area contributed by atoms with E-state index in [1.165, 1.54) is 23.1 Å². The molecule has 2 heterocycles. The Labute approximate surface area is 188 Å². The van der Waals surface area contributed by atoms with Gasteiger partial charge in [0.1, 0.15) is 6.04 Å². The highest BCUT2D eigenvalue weighted by Gasteiger charge is 2.25. The largest absolute Gasteiger partial charge is 0.466 e. The molecule has 0 spiro atoms. The standard InChI is InChI=1S/C20H24N6O3S2/c1-3-15(17(28)23-19-22-14(12-30-19)10-16(27)29-4-2)26-18(21)24-25-20(26)31-11-13-8-6-5-7-9-13/h5-9,12,15H,3-4,10-11H2,1-2H3,(H2,21,24)(H,22,23,28). The number of hydrogen-bond acceptors (Lipinski definition) is 9. The lowest BCUT2D eigenvalue weighted by Gasteiger charge is -2.18. The summed E-state index contributed by atoms with van der Waals surface area (Å²) in [4.78, 5) is 28.9. The average Bonchev–Trinajstić information content (AvgIpc) is 3.34. The van der Waals surface area contributed by atoms with E-state index in [-0.39, 0.29) is 24.2 Å². The van der Waals surface area contributed by atoms with Crippen molar-refractivity contribution in [1.82, 2.24) is 19.7 Å². The molecule has 1 unspecified atom stereocenters. The van der Waals surface area contributed by atoms with Crippen molar-refractivity contribution < 1.29 is 14.3 Å². The lowest BCUT2D eigenvalue weighted by molar-refractivity contribution is -0.142. The predicted octanol–water partition coefficient (Wildman–Crippen LogP) is 3.30. The molecule has 0 aliphatic heterocycles. The lowest BCUT2D eigenvalue weighted by atomic mass is 10.2. The number of benzene rings is 1. The predicted molar refractivity (Wildman–Crippen MR) is 121 cm³/mol. The molecule has 1 aromatic carbocycles. The number of carbonyl (C=O) groups excluding carboxylic acids is 2. The van der Waals surface area contributed by atoms with Crippen LogP contribution in [0.3, 0.4) is 0 Å². The highest BCUT2D eigenvalue weighted by Crippen LogP contribution is 2.28. The molecule has 2 aromatic heterocycles. The molecular formula is C20H24N6O3S2. The van der Waals surface area contributed by atoms with Gasteiger partial charge in [-0.25, -0.2) is 4.98 Å². The first-order valence-corrected chi connectivity index (χ1v) is 11.7. The molecule has 3 rings (SSSR count). The fraction of sp³-hybridized carbons (Fsp3) is 0.350. The molecule has 0 fully saturated rings. The number of amides is 1. The zero-order valence-electron chi connectivity index (χ0n) is 17.3. The molecular weight excluding hydrogens is 436 g/mol. The van der Waals surface area contributed by atoms with Gasteiger partial charge in [-0.15, -0.1) is 21.5 Å². The molecule has 0 aliphatic carbocycles. The first kappa shape index (κ1) is 22.8. The molecule has 3 N–H and O–H groups in total. The number of hydrogen-bond donors (Lipinski definition) is 2. The van der Waals surface area contributed by atoms with Crippen molar-refractivity contribution in [3.63, 3.8) is 0 Å². The van der Waals surface area contributed by atoms with E-state index in [4.69, 9.17) is 10.5 Å².